The van der Waals surface area contributed by atoms with Crippen molar-refractivity contribution in [1.29, 1.82) is 0 Å². The quantitative estimate of drug-likeness (QED) is 0.357. The number of benzene rings is 1. The summed E-state index contributed by atoms with van der Waals surface area (Å²) < 4.78 is 0. The highest BCUT2D eigenvalue weighted by Crippen LogP contribution is 2.36. The molecule has 1 aliphatic rings. The molecule has 0 amide bonds. The molecule has 0 atom stereocenters. The third kappa shape index (κ3) is 3.61. The Morgan fingerprint density at radius 1 is 0.424 bits per heavy atom. The average Bonchev–Trinajstić information content (AvgIpc) is 2.87. The van der Waals surface area contributed by atoms with Gasteiger partial charge in [0.15, 0.2) is 0 Å². The lowest BCUT2D eigenvalue weighted by atomic mass is 10.1. The first-order chi connectivity index (χ1) is 15.9. The van der Waals surface area contributed by atoms with Crippen LogP contribution in [0.15, 0.2) is 72.8 Å². The van der Waals surface area contributed by atoms with E-state index in [1.807, 2.05) is 92.6 Å². The molecular formula is C26H27N7. The van der Waals surface area contributed by atoms with Crippen molar-refractivity contribution in [3.8, 4) is 0 Å². The molecular weight excluding hydrogens is 410 g/mol. The van der Waals surface area contributed by atoms with Gasteiger partial charge in [0, 0.05) is 39.6 Å². The summed E-state index contributed by atoms with van der Waals surface area (Å²) in [5.41, 5.74) is 3.34. The standard InChI is InChI=1S/C26H27N7/c1-18-19-10-6-11-20(18)31(3)22-13-8-15-24(28-22)33(5)26-17-9-16-25(29-26)32(4)23-14-7-12-21(27-23)30(19)2/h6-17H,1-5H3. The van der Waals surface area contributed by atoms with Crippen molar-refractivity contribution in [2.45, 2.75) is 6.92 Å². The third-order valence-electron chi connectivity index (χ3n) is 6.22. The molecule has 1 aliphatic heterocycles. The van der Waals surface area contributed by atoms with Crippen LogP contribution in [-0.2, 0) is 0 Å². The summed E-state index contributed by atoms with van der Waals surface area (Å²) in [6.07, 6.45) is 0. The number of hydrogen-bond donors (Lipinski definition) is 0. The summed E-state index contributed by atoms with van der Waals surface area (Å²) in [4.78, 5) is 23.0. The Morgan fingerprint density at radius 3 is 1.03 bits per heavy atom. The zero-order valence-electron chi connectivity index (χ0n) is 19.6. The van der Waals surface area contributed by atoms with E-state index in [2.05, 4.69) is 34.9 Å². The van der Waals surface area contributed by atoms with Crippen molar-refractivity contribution in [1.82, 2.24) is 15.0 Å². The van der Waals surface area contributed by atoms with E-state index in [-0.39, 0.29) is 0 Å². The summed E-state index contributed by atoms with van der Waals surface area (Å²) >= 11 is 0. The van der Waals surface area contributed by atoms with Gasteiger partial charge in [-0.05, 0) is 61.0 Å². The van der Waals surface area contributed by atoms with E-state index in [0.29, 0.717) is 0 Å². The van der Waals surface area contributed by atoms with Gasteiger partial charge in [0.25, 0.3) is 0 Å². The lowest BCUT2D eigenvalue weighted by Crippen LogP contribution is -2.20. The first kappa shape index (κ1) is 20.8. The Bertz CT molecular complexity index is 1230. The zero-order chi connectivity index (χ0) is 23.1. The van der Waals surface area contributed by atoms with Crippen LogP contribution in [0, 0.1) is 6.92 Å². The lowest BCUT2D eigenvalue weighted by Gasteiger charge is -2.28. The predicted molar refractivity (Wildman–Crippen MR) is 136 cm³/mol. The van der Waals surface area contributed by atoms with Crippen molar-refractivity contribution in [2.24, 2.45) is 0 Å². The number of rotatable bonds is 0. The molecule has 0 saturated heterocycles. The fourth-order valence-corrected chi connectivity index (χ4v) is 4.18. The molecule has 0 N–H and O–H groups in total. The van der Waals surface area contributed by atoms with Crippen LogP contribution in [0.25, 0.3) is 0 Å². The molecule has 0 aliphatic carbocycles. The molecule has 0 saturated carbocycles. The van der Waals surface area contributed by atoms with Gasteiger partial charge in [0.05, 0.1) is 0 Å². The molecule has 7 heteroatoms. The second-order valence-electron chi connectivity index (χ2n) is 8.22. The number of hydrogen-bond acceptors (Lipinski definition) is 7. The summed E-state index contributed by atoms with van der Waals surface area (Å²) in [6, 6.07) is 24.4. The van der Waals surface area contributed by atoms with E-state index in [1.54, 1.807) is 0 Å². The van der Waals surface area contributed by atoms with Gasteiger partial charge < -0.3 is 19.6 Å². The maximum absolute atomic E-state index is 4.95. The van der Waals surface area contributed by atoms with Gasteiger partial charge in [0.2, 0.25) is 0 Å². The highest BCUT2D eigenvalue weighted by molar-refractivity contribution is 5.75. The van der Waals surface area contributed by atoms with Gasteiger partial charge in [-0.1, -0.05) is 24.3 Å². The predicted octanol–water partition coefficient (Wildman–Crippen LogP) is 5.57. The third-order valence-corrected chi connectivity index (χ3v) is 6.22. The first-order valence-corrected chi connectivity index (χ1v) is 10.9. The van der Waals surface area contributed by atoms with Crippen LogP contribution in [0.5, 0.6) is 0 Å². The van der Waals surface area contributed by atoms with E-state index >= 15 is 0 Å². The van der Waals surface area contributed by atoms with Crippen LogP contribution >= 0.6 is 0 Å². The molecule has 166 valence electrons. The van der Waals surface area contributed by atoms with Gasteiger partial charge in [0.1, 0.15) is 34.9 Å². The van der Waals surface area contributed by atoms with Gasteiger partial charge in [-0.2, -0.15) is 0 Å². The monoisotopic (exact) mass is 437 g/mol. The molecule has 33 heavy (non-hydrogen) atoms. The maximum atomic E-state index is 4.95. The summed E-state index contributed by atoms with van der Waals surface area (Å²) in [5.74, 6) is 5.00. The van der Waals surface area contributed by atoms with Crippen LogP contribution in [0.1, 0.15) is 5.56 Å². The normalized spacial score (nSPS) is 13.4. The Balaban J connectivity index is 1.75. The van der Waals surface area contributed by atoms with Crippen LogP contribution in [-0.4, -0.2) is 43.1 Å². The van der Waals surface area contributed by atoms with E-state index in [0.717, 1.165) is 51.8 Å². The highest BCUT2D eigenvalue weighted by atomic mass is 15.3. The van der Waals surface area contributed by atoms with Gasteiger partial charge in [-0.25, -0.2) is 15.0 Å². The SMILES string of the molecule is Cc1c2cccc1N(C)c1cccc(n1)N(C)c1cccc(n1)N(C)c1cccc(n1)N2C. The van der Waals surface area contributed by atoms with Crippen molar-refractivity contribution >= 4 is 46.3 Å². The smallest absolute Gasteiger partial charge is 0.136 e. The van der Waals surface area contributed by atoms with Gasteiger partial charge >= 0.3 is 0 Å². The molecule has 3 aromatic heterocycles. The lowest BCUT2D eigenvalue weighted by molar-refractivity contribution is 1.01. The molecule has 7 nitrogen and oxygen atoms in total. The molecule has 4 aromatic rings. The van der Waals surface area contributed by atoms with Crippen LogP contribution in [0.2, 0.25) is 0 Å². The minimum absolute atomic E-state index is 0.810. The topological polar surface area (TPSA) is 51.6 Å². The second kappa shape index (κ2) is 8.09. The molecule has 0 fully saturated rings. The maximum Gasteiger partial charge on any atom is 0.136 e. The van der Waals surface area contributed by atoms with E-state index < -0.39 is 0 Å². The van der Waals surface area contributed by atoms with E-state index in [9.17, 15) is 0 Å². The number of anilines is 8. The Hall–Kier alpha value is -4.13. The van der Waals surface area contributed by atoms with Crippen LogP contribution < -0.4 is 19.6 Å². The average molecular weight is 438 g/mol. The Kier molecular flexibility index (Phi) is 5.09. The van der Waals surface area contributed by atoms with Crippen LogP contribution in [0.4, 0.5) is 46.3 Å². The summed E-state index contributed by atoms with van der Waals surface area (Å²) in [5, 5.41) is 0. The van der Waals surface area contributed by atoms with Crippen molar-refractivity contribution in [2.75, 3.05) is 47.8 Å². The molecule has 4 heterocycles. The fourth-order valence-electron chi connectivity index (χ4n) is 4.18. The van der Waals surface area contributed by atoms with Gasteiger partial charge in [-0.3, -0.25) is 0 Å². The van der Waals surface area contributed by atoms with Gasteiger partial charge in [-0.15, -0.1) is 0 Å². The van der Waals surface area contributed by atoms with Crippen molar-refractivity contribution in [3.05, 3.63) is 78.4 Å². The highest BCUT2D eigenvalue weighted by Gasteiger charge is 2.18. The number of aromatic nitrogens is 3. The summed E-state index contributed by atoms with van der Waals surface area (Å²) in [7, 11) is 8.07. The molecule has 5 rings (SSSR count). The molecule has 8 bridgehead atoms. The van der Waals surface area contributed by atoms with Crippen LogP contribution in [0.3, 0.4) is 0 Å². The zero-order valence-corrected chi connectivity index (χ0v) is 19.6. The first-order valence-electron chi connectivity index (χ1n) is 10.9. The Morgan fingerprint density at radius 2 is 0.697 bits per heavy atom. The largest absolute Gasteiger partial charge is 0.329 e. The number of nitrogens with zero attached hydrogens (tertiary/aromatic N) is 7. The van der Waals surface area contributed by atoms with Crippen molar-refractivity contribution < 1.29 is 0 Å². The minimum Gasteiger partial charge on any atom is -0.329 e. The minimum atomic E-state index is 0.810. The summed E-state index contributed by atoms with van der Waals surface area (Å²) in [6.45, 7) is 2.14. The molecule has 0 spiro atoms. The molecule has 0 radical (unpaired) electrons. The Labute approximate surface area is 194 Å². The van der Waals surface area contributed by atoms with E-state index in [1.165, 1.54) is 0 Å². The number of fused-ring (bicyclic) bond motifs is 8. The van der Waals surface area contributed by atoms with E-state index in [4.69, 9.17) is 15.0 Å². The fraction of sp³-hybridized carbons (Fsp3) is 0.192. The van der Waals surface area contributed by atoms with Crippen molar-refractivity contribution in [3.63, 3.8) is 0 Å². The second-order valence-corrected chi connectivity index (χ2v) is 8.22. The number of pyridine rings is 3. The molecule has 1 aromatic carbocycles. The molecule has 0 unspecified atom stereocenters.